The van der Waals surface area contributed by atoms with Crippen LogP contribution in [0.5, 0.6) is 17.2 Å². The predicted molar refractivity (Wildman–Crippen MR) is 127 cm³/mol. The Balaban J connectivity index is 1.53. The van der Waals surface area contributed by atoms with Crippen molar-refractivity contribution in [2.45, 2.75) is 13.5 Å². The molecular formula is C25H25ClN2O5. The maximum atomic E-state index is 12.5. The van der Waals surface area contributed by atoms with Gasteiger partial charge in [0, 0.05) is 16.3 Å². The van der Waals surface area contributed by atoms with Crippen molar-refractivity contribution in [1.82, 2.24) is 5.32 Å². The number of rotatable bonds is 10. The van der Waals surface area contributed by atoms with Crippen LogP contribution in [0.4, 0.5) is 5.69 Å². The number of methoxy groups -OCH3 is 1. The monoisotopic (exact) mass is 468 g/mol. The molecule has 172 valence electrons. The molecule has 0 spiro atoms. The summed E-state index contributed by atoms with van der Waals surface area (Å²) in [5, 5.41) is 5.98. The molecule has 0 atom stereocenters. The second-order valence-electron chi connectivity index (χ2n) is 6.97. The summed E-state index contributed by atoms with van der Waals surface area (Å²) in [5.74, 6) is 0.882. The van der Waals surface area contributed by atoms with Crippen LogP contribution in [-0.4, -0.2) is 32.1 Å². The van der Waals surface area contributed by atoms with Gasteiger partial charge in [-0.05, 0) is 67.1 Å². The molecule has 0 heterocycles. The van der Waals surface area contributed by atoms with Crippen LogP contribution in [0.3, 0.4) is 0 Å². The standard InChI is InChI=1S/C25H25ClN2O5/c1-3-32-21-11-9-20(10-12-21)28-24(29)15-27-25(30)18-6-13-22(23(14-18)31-2)33-16-17-4-7-19(26)8-5-17/h4-14H,3,15-16H2,1-2H3,(H,27,30)(H,28,29). The van der Waals surface area contributed by atoms with Crippen molar-refractivity contribution in [3.63, 3.8) is 0 Å². The number of hydrogen-bond donors (Lipinski definition) is 2. The molecule has 0 bridgehead atoms. The number of carbonyl (C=O) groups is 2. The second kappa shape index (κ2) is 11.8. The van der Waals surface area contributed by atoms with E-state index < -0.39 is 5.91 Å². The van der Waals surface area contributed by atoms with Crippen molar-refractivity contribution in [2.24, 2.45) is 0 Å². The summed E-state index contributed by atoms with van der Waals surface area (Å²) in [6, 6.07) is 19.1. The zero-order valence-electron chi connectivity index (χ0n) is 18.4. The highest BCUT2D eigenvalue weighted by Crippen LogP contribution is 2.29. The van der Waals surface area contributed by atoms with Crippen molar-refractivity contribution in [2.75, 3.05) is 25.6 Å². The van der Waals surface area contributed by atoms with Crippen LogP contribution in [0.2, 0.25) is 5.02 Å². The summed E-state index contributed by atoms with van der Waals surface area (Å²) in [6.07, 6.45) is 0. The van der Waals surface area contributed by atoms with Gasteiger partial charge in [-0.1, -0.05) is 23.7 Å². The lowest BCUT2D eigenvalue weighted by Crippen LogP contribution is -2.32. The SMILES string of the molecule is CCOc1ccc(NC(=O)CNC(=O)c2ccc(OCc3ccc(Cl)cc3)c(OC)c2)cc1. The zero-order valence-corrected chi connectivity index (χ0v) is 19.1. The topological polar surface area (TPSA) is 85.9 Å². The number of amides is 2. The molecule has 7 nitrogen and oxygen atoms in total. The number of hydrogen-bond acceptors (Lipinski definition) is 5. The third-order valence-corrected chi connectivity index (χ3v) is 4.84. The van der Waals surface area contributed by atoms with E-state index in [4.69, 9.17) is 25.8 Å². The number of nitrogens with one attached hydrogen (secondary N) is 2. The van der Waals surface area contributed by atoms with Crippen molar-refractivity contribution in [3.05, 3.63) is 82.9 Å². The van der Waals surface area contributed by atoms with E-state index in [-0.39, 0.29) is 12.5 Å². The molecule has 3 aromatic carbocycles. The normalized spacial score (nSPS) is 10.3. The Bertz CT molecular complexity index is 1080. The molecule has 2 N–H and O–H groups in total. The molecule has 0 saturated heterocycles. The third kappa shape index (κ3) is 7.15. The highest BCUT2D eigenvalue weighted by molar-refractivity contribution is 6.30. The van der Waals surface area contributed by atoms with Gasteiger partial charge >= 0.3 is 0 Å². The van der Waals surface area contributed by atoms with E-state index in [1.807, 2.05) is 19.1 Å². The number of carbonyl (C=O) groups excluding carboxylic acids is 2. The van der Waals surface area contributed by atoms with E-state index >= 15 is 0 Å². The lowest BCUT2D eigenvalue weighted by molar-refractivity contribution is -0.115. The summed E-state index contributed by atoms with van der Waals surface area (Å²) in [7, 11) is 1.50. The Morgan fingerprint density at radius 3 is 2.30 bits per heavy atom. The van der Waals surface area contributed by atoms with E-state index in [2.05, 4.69) is 10.6 Å². The minimum Gasteiger partial charge on any atom is -0.494 e. The smallest absolute Gasteiger partial charge is 0.251 e. The molecule has 0 aliphatic rings. The highest BCUT2D eigenvalue weighted by atomic mass is 35.5. The first-order valence-corrected chi connectivity index (χ1v) is 10.7. The lowest BCUT2D eigenvalue weighted by Gasteiger charge is -2.13. The van der Waals surface area contributed by atoms with Crippen LogP contribution >= 0.6 is 11.6 Å². The van der Waals surface area contributed by atoms with Crippen LogP contribution in [0.15, 0.2) is 66.7 Å². The van der Waals surface area contributed by atoms with Crippen LogP contribution in [0.25, 0.3) is 0 Å². The van der Waals surface area contributed by atoms with E-state index in [0.29, 0.717) is 41.0 Å². The summed E-state index contributed by atoms with van der Waals surface area (Å²) in [4.78, 5) is 24.7. The minimum absolute atomic E-state index is 0.177. The van der Waals surface area contributed by atoms with Crippen LogP contribution in [0, 0.1) is 0 Å². The molecule has 33 heavy (non-hydrogen) atoms. The first-order valence-electron chi connectivity index (χ1n) is 10.3. The van der Waals surface area contributed by atoms with Gasteiger partial charge in [-0.2, -0.15) is 0 Å². The maximum absolute atomic E-state index is 12.5. The second-order valence-corrected chi connectivity index (χ2v) is 7.41. The van der Waals surface area contributed by atoms with E-state index in [1.54, 1.807) is 54.6 Å². The number of ether oxygens (including phenoxy) is 3. The van der Waals surface area contributed by atoms with Crippen LogP contribution < -0.4 is 24.8 Å². The number of halogens is 1. The average molecular weight is 469 g/mol. The number of benzene rings is 3. The molecule has 0 aromatic heterocycles. The Hall–Kier alpha value is -3.71. The average Bonchev–Trinajstić information content (AvgIpc) is 2.83. The third-order valence-electron chi connectivity index (χ3n) is 4.59. The first kappa shape index (κ1) is 23.9. The number of anilines is 1. The molecular weight excluding hydrogens is 444 g/mol. The van der Waals surface area contributed by atoms with E-state index in [9.17, 15) is 9.59 Å². The zero-order chi connectivity index (χ0) is 23.6. The van der Waals surface area contributed by atoms with Gasteiger partial charge in [0.2, 0.25) is 5.91 Å². The van der Waals surface area contributed by atoms with Crippen LogP contribution in [0.1, 0.15) is 22.8 Å². The fourth-order valence-corrected chi connectivity index (χ4v) is 3.06. The van der Waals surface area contributed by atoms with Gasteiger partial charge in [-0.3, -0.25) is 9.59 Å². The molecule has 8 heteroatoms. The molecule has 0 radical (unpaired) electrons. The van der Waals surface area contributed by atoms with Gasteiger partial charge in [0.1, 0.15) is 12.4 Å². The van der Waals surface area contributed by atoms with Gasteiger partial charge in [-0.15, -0.1) is 0 Å². The fourth-order valence-electron chi connectivity index (χ4n) is 2.94. The van der Waals surface area contributed by atoms with Gasteiger partial charge < -0.3 is 24.8 Å². The molecule has 0 fully saturated rings. The van der Waals surface area contributed by atoms with Crippen molar-refractivity contribution in [3.8, 4) is 17.2 Å². The van der Waals surface area contributed by atoms with Crippen molar-refractivity contribution >= 4 is 29.1 Å². The van der Waals surface area contributed by atoms with Gasteiger partial charge in [-0.25, -0.2) is 0 Å². The molecule has 3 aromatic rings. The fraction of sp³-hybridized carbons (Fsp3) is 0.200. The summed E-state index contributed by atoms with van der Waals surface area (Å²) in [5.41, 5.74) is 1.91. The first-order chi connectivity index (χ1) is 16.0. The minimum atomic E-state index is -0.403. The molecule has 0 unspecified atom stereocenters. The van der Waals surface area contributed by atoms with Crippen LogP contribution in [-0.2, 0) is 11.4 Å². The van der Waals surface area contributed by atoms with Crippen molar-refractivity contribution in [1.29, 1.82) is 0 Å². The Kier molecular flexibility index (Phi) is 8.55. The van der Waals surface area contributed by atoms with Crippen molar-refractivity contribution < 1.29 is 23.8 Å². The Labute approximate surface area is 197 Å². The molecule has 0 saturated carbocycles. The predicted octanol–water partition coefficient (Wildman–Crippen LogP) is 4.69. The van der Waals surface area contributed by atoms with E-state index in [1.165, 1.54) is 7.11 Å². The Morgan fingerprint density at radius 2 is 1.64 bits per heavy atom. The maximum Gasteiger partial charge on any atom is 0.251 e. The largest absolute Gasteiger partial charge is 0.494 e. The molecule has 0 aliphatic carbocycles. The Morgan fingerprint density at radius 1 is 0.909 bits per heavy atom. The highest BCUT2D eigenvalue weighted by Gasteiger charge is 2.13. The summed E-state index contributed by atoms with van der Waals surface area (Å²) < 4.78 is 16.5. The molecule has 0 aliphatic heterocycles. The summed E-state index contributed by atoms with van der Waals surface area (Å²) in [6.45, 7) is 2.61. The lowest BCUT2D eigenvalue weighted by atomic mass is 10.2. The molecule has 2 amide bonds. The quantitative estimate of drug-likeness (QED) is 0.450. The summed E-state index contributed by atoms with van der Waals surface area (Å²) >= 11 is 5.90. The van der Waals surface area contributed by atoms with Gasteiger partial charge in [0.15, 0.2) is 11.5 Å². The van der Waals surface area contributed by atoms with Gasteiger partial charge in [0.05, 0.1) is 20.3 Å². The van der Waals surface area contributed by atoms with E-state index in [0.717, 1.165) is 11.3 Å². The van der Waals surface area contributed by atoms with Gasteiger partial charge in [0.25, 0.3) is 5.91 Å². The molecule has 3 rings (SSSR count).